The molecule has 0 fully saturated rings. The molecule has 1 heterocycles. The van der Waals surface area contributed by atoms with Crippen molar-refractivity contribution in [1.29, 1.82) is 0 Å². The topological polar surface area (TPSA) is 76.3 Å². The van der Waals surface area contributed by atoms with Gasteiger partial charge in [-0.1, -0.05) is 0 Å². The molecule has 0 aliphatic heterocycles. The highest BCUT2D eigenvalue weighted by Gasteiger charge is 2.10. The summed E-state index contributed by atoms with van der Waals surface area (Å²) in [6.45, 7) is 0.859. The highest BCUT2D eigenvalue weighted by atomic mass is 16.3. The van der Waals surface area contributed by atoms with Crippen molar-refractivity contribution in [1.82, 2.24) is 14.5 Å². The molecule has 0 spiro atoms. The van der Waals surface area contributed by atoms with E-state index in [1.54, 1.807) is 14.1 Å². The maximum absolute atomic E-state index is 12.2. The summed E-state index contributed by atoms with van der Waals surface area (Å²) in [6, 6.07) is 4.39. The molecule has 1 aromatic heterocycles. The number of nitrogens with zero attached hydrogens (tertiary/aromatic N) is 2. The van der Waals surface area contributed by atoms with Gasteiger partial charge >= 0.3 is 5.69 Å². The molecule has 1 aromatic carbocycles. The van der Waals surface area contributed by atoms with Crippen LogP contribution in [0.25, 0.3) is 10.9 Å². The standard InChI is InChI=1S/C12H15N3O3/c1-13-5-6-15-11(17)9-4-3-8(16)7-10(9)14(2)12(15)18/h3-4,7,13,16H,5-6H2,1-2H3. The summed E-state index contributed by atoms with van der Waals surface area (Å²) in [5, 5.41) is 12.7. The lowest BCUT2D eigenvalue weighted by atomic mass is 10.2. The van der Waals surface area contributed by atoms with Crippen molar-refractivity contribution in [3.05, 3.63) is 39.0 Å². The monoisotopic (exact) mass is 249 g/mol. The Balaban J connectivity index is 2.80. The Labute approximate surface area is 103 Å². The van der Waals surface area contributed by atoms with Crippen molar-refractivity contribution in [3.63, 3.8) is 0 Å². The van der Waals surface area contributed by atoms with Gasteiger partial charge in [0.05, 0.1) is 10.9 Å². The van der Waals surface area contributed by atoms with E-state index in [9.17, 15) is 14.7 Å². The molecule has 0 unspecified atom stereocenters. The molecule has 2 aromatic rings. The van der Waals surface area contributed by atoms with E-state index in [1.165, 1.54) is 27.3 Å². The lowest BCUT2D eigenvalue weighted by Gasteiger charge is -2.10. The number of aromatic hydroxyl groups is 1. The molecule has 0 bridgehead atoms. The van der Waals surface area contributed by atoms with Crippen molar-refractivity contribution in [2.75, 3.05) is 13.6 Å². The van der Waals surface area contributed by atoms with Gasteiger partial charge in [-0.3, -0.25) is 13.9 Å². The third kappa shape index (κ3) is 1.91. The number of likely N-dealkylation sites (N-methyl/N-ethyl adjacent to an activating group) is 1. The van der Waals surface area contributed by atoms with Crippen molar-refractivity contribution in [3.8, 4) is 5.75 Å². The Kier molecular flexibility index (Phi) is 3.20. The molecule has 0 radical (unpaired) electrons. The number of phenolic OH excluding ortho intramolecular Hbond substituents is 1. The van der Waals surface area contributed by atoms with Crippen molar-refractivity contribution >= 4 is 10.9 Å². The van der Waals surface area contributed by atoms with Crippen LogP contribution in [-0.4, -0.2) is 27.8 Å². The molecule has 0 saturated carbocycles. The summed E-state index contributed by atoms with van der Waals surface area (Å²) >= 11 is 0. The van der Waals surface area contributed by atoms with Gasteiger partial charge in [-0.2, -0.15) is 0 Å². The molecule has 0 atom stereocenters. The van der Waals surface area contributed by atoms with Crippen molar-refractivity contribution in [2.24, 2.45) is 7.05 Å². The van der Waals surface area contributed by atoms with E-state index in [-0.39, 0.29) is 17.0 Å². The number of hydrogen-bond donors (Lipinski definition) is 2. The second-order valence-electron chi connectivity index (χ2n) is 4.10. The minimum Gasteiger partial charge on any atom is -0.508 e. The summed E-state index contributed by atoms with van der Waals surface area (Å²) < 4.78 is 2.56. The predicted octanol–water partition coefficient (Wildman–Crippen LogP) is -0.375. The van der Waals surface area contributed by atoms with E-state index in [0.29, 0.717) is 24.0 Å². The van der Waals surface area contributed by atoms with Gasteiger partial charge in [0, 0.05) is 26.2 Å². The van der Waals surface area contributed by atoms with Crippen LogP contribution in [0.4, 0.5) is 0 Å². The molecule has 6 heteroatoms. The third-order valence-electron chi connectivity index (χ3n) is 2.92. The number of fused-ring (bicyclic) bond motifs is 1. The van der Waals surface area contributed by atoms with Crippen LogP contribution in [-0.2, 0) is 13.6 Å². The van der Waals surface area contributed by atoms with Crippen molar-refractivity contribution < 1.29 is 5.11 Å². The number of nitrogens with one attached hydrogen (secondary N) is 1. The Morgan fingerprint density at radius 1 is 1.33 bits per heavy atom. The molecule has 0 aliphatic rings. The predicted molar refractivity (Wildman–Crippen MR) is 69.0 cm³/mol. The number of phenols is 1. The first kappa shape index (κ1) is 12.4. The number of benzene rings is 1. The highest BCUT2D eigenvalue weighted by Crippen LogP contribution is 2.15. The Hall–Kier alpha value is -2.08. The molecule has 2 rings (SSSR count). The smallest absolute Gasteiger partial charge is 0.331 e. The van der Waals surface area contributed by atoms with Crippen LogP contribution in [0.3, 0.4) is 0 Å². The molecule has 0 saturated heterocycles. The van der Waals surface area contributed by atoms with Crippen LogP contribution < -0.4 is 16.6 Å². The van der Waals surface area contributed by atoms with Gasteiger partial charge < -0.3 is 10.4 Å². The van der Waals surface area contributed by atoms with E-state index in [2.05, 4.69) is 5.32 Å². The summed E-state index contributed by atoms with van der Waals surface area (Å²) in [5.74, 6) is 0.0323. The lowest BCUT2D eigenvalue weighted by Crippen LogP contribution is -2.40. The first-order chi connectivity index (χ1) is 8.56. The highest BCUT2D eigenvalue weighted by molar-refractivity contribution is 5.79. The van der Waals surface area contributed by atoms with Gasteiger partial charge in [0.25, 0.3) is 5.56 Å². The zero-order valence-corrected chi connectivity index (χ0v) is 10.3. The molecule has 96 valence electrons. The fourth-order valence-electron chi connectivity index (χ4n) is 1.92. The summed E-state index contributed by atoms with van der Waals surface area (Å²) in [6.07, 6.45) is 0. The fourth-order valence-corrected chi connectivity index (χ4v) is 1.92. The average molecular weight is 249 g/mol. The van der Waals surface area contributed by atoms with Crippen LogP contribution in [0.5, 0.6) is 5.75 Å². The number of hydrogen-bond acceptors (Lipinski definition) is 4. The minimum absolute atomic E-state index is 0.0323. The Bertz CT molecular complexity index is 700. The van der Waals surface area contributed by atoms with Crippen molar-refractivity contribution in [2.45, 2.75) is 6.54 Å². The fraction of sp³-hybridized carbons (Fsp3) is 0.333. The number of rotatable bonds is 3. The lowest BCUT2D eigenvalue weighted by molar-refractivity contribution is 0.475. The SMILES string of the molecule is CNCCn1c(=O)c2ccc(O)cc2n(C)c1=O. The second-order valence-corrected chi connectivity index (χ2v) is 4.10. The summed E-state index contributed by atoms with van der Waals surface area (Å²) in [4.78, 5) is 24.2. The van der Waals surface area contributed by atoms with Crippen LogP contribution in [0, 0.1) is 0 Å². The first-order valence-electron chi connectivity index (χ1n) is 5.63. The van der Waals surface area contributed by atoms with Gasteiger partial charge in [-0.25, -0.2) is 4.79 Å². The molecular weight excluding hydrogens is 234 g/mol. The van der Waals surface area contributed by atoms with Crippen LogP contribution >= 0.6 is 0 Å². The van der Waals surface area contributed by atoms with Gasteiger partial charge in [0.1, 0.15) is 5.75 Å². The van der Waals surface area contributed by atoms with E-state index in [1.807, 2.05) is 0 Å². The maximum atomic E-state index is 12.2. The first-order valence-corrected chi connectivity index (χ1v) is 5.63. The summed E-state index contributed by atoms with van der Waals surface area (Å²) in [5.41, 5.74) is -0.276. The largest absolute Gasteiger partial charge is 0.508 e. The Morgan fingerprint density at radius 3 is 2.72 bits per heavy atom. The Morgan fingerprint density at radius 2 is 2.06 bits per heavy atom. The van der Waals surface area contributed by atoms with Crippen LogP contribution in [0.15, 0.2) is 27.8 Å². The van der Waals surface area contributed by atoms with E-state index in [4.69, 9.17) is 0 Å². The molecule has 2 N–H and O–H groups in total. The molecule has 6 nitrogen and oxygen atoms in total. The van der Waals surface area contributed by atoms with E-state index < -0.39 is 0 Å². The normalized spacial score (nSPS) is 11.0. The van der Waals surface area contributed by atoms with E-state index >= 15 is 0 Å². The number of aromatic nitrogens is 2. The maximum Gasteiger partial charge on any atom is 0.331 e. The zero-order chi connectivity index (χ0) is 13.3. The second kappa shape index (κ2) is 4.66. The van der Waals surface area contributed by atoms with E-state index in [0.717, 1.165) is 0 Å². The molecule has 0 amide bonds. The molecule has 0 aliphatic carbocycles. The van der Waals surface area contributed by atoms with Gasteiger partial charge in [0.2, 0.25) is 0 Å². The van der Waals surface area contributed by atoms with Crippen LogP contribution in [0.1, 0.15) is 0 Å². The average Bonchev–Trinajstić information content (AvgIpc) is 2.36. The van der Waals surface area contributed by atoms with Gasteiger partial charge in [-0.15, -0.1) is 0 Å². The van der Waals surface area contributed by atoms with Crippen LogP contribution in [0.2, 0.25) is 0 Å². The van der Waals surface area contributed by atoms with Gasteiger partial charge in [-0.05, 0) is 19.2 Å². The zero-order valence-electron chi connectivity index (χ0n) is 10.3. The van der Waals surface area contributed by atoms with Gasteiger partial charge in [0.15, 0.2) is 0 Å². The quantitative estimate of drug-likeness (QED) is 0.778. The molecular formula is C12H15N3O3. The minimum atomic E-state index is -0.381. The molecule has 18 heavy (non-hydrogen) atoms. The summed E-state index contributed by atoms with van der Waals surface area (Å²) in [7, 11) is 3.34. The third-order valence-corrected chi connectivity index (χ3v) is 2.92. The number of aryl methyl sites for hydroxylation is 1.